The summed E-state index contributed by atoms with van der Waals surface area (Å²) < 4.78 is 60.8. The number of aromatic nitrogens is 1. The van der Waals surface area contributed by atoms with Crippen LogP contribution in [0.4, 0.5) is 14.5 Å². The summed E-state index contributed by atoms with van der Waals surface area (Å²) in [6.07, 6.45) is 3.34. The fraction of sp³-hybridized carbons (Fsp3) is 0.292. The minimum absolute atomic E-state index is 0.00742. The van der Waals surface area contributed by atoms with Gasteiger partial charge in [-0.25, -0.2) is 21.9 Å². The fourth-order valence-corrected chi connectivity index (χ4v) is 5.19. The summed E-state index contributed by atoms with van der Waals surface area (Å²) in [5.41, 5.74) is 1.92. The van der Waals surface area contributed by atoms with E-state index in [2.05, 4.69) is 19.5 Å². The van der Waals surface area contributed by atoms with E-state index in [0.717, 1.165) is 42.2 Å². The Hall–Kier alpha value is -3.08. The standard InChI is InChI=1S/C24H26F2N4O3S/c1-33-21-7-5-20(6-8-21)29-11-13-30(14-12-29)23(18-3-2-10-27-16-18)17-28-34(31,32)24-15-19(25)4-9-22(24)26/h2-10,15-16,23,28H,11-14,17H2,1H3/t23-/m0/s1. The van der Waals surface area contributed by atoms with Crippen LogP contribution in [0.2, 0.25) is 0 Å². The molecule has 0 aliphatic carbocycles. The summed E-state index contributed by atoms with van der Waals surface area (Å²) in [7, 11) is -2.62. The number of hydrogen-bond acceptors (Lipinski definition) is 6. The highest BCUT2D eigenvalue weighted by atomic mass is 32.2. The molecule has 10 heteroatoms. The topological polar surface area (TPSA) is 74.8 Å². The highest BCUT2D eigenvalue weighted by Gasteiger charge is 2.28. The molecule has 7 nitrogen and oxygen atoms in total. The Morgan fingerprint density at radius 2 is 1.79 bits per heavy atom. The number of ether oxygens (including phenoxy) is 1. The Balaban J connectivity index is 1.48. The van der Waals surface area contributed by atoms with Gasteiger partial charge in [0.1, 0.15) is 22.3 Å². The second-order valence-electron chi connectivity index (χ2n) is 7.95. The van der Waals surface area contributed by atoms with Gasteiger partial charge in [0.15, 0.2) is 0 Å². The molecule has 0 radical (unpaired) electrons. The largest absolute Gasteiger partial charge is 0.497 e. The van der Waals surface area contributed by atoms with E-state index in [9.17, 15) is 17.2 Å². The second-order valence-corrected chi connectivity index (χ2v) is 9.69. The molecule has 0 bridgehead atoms. The predicted molar refractivity (Wildman–Crippen MR) is 125 cm³/mol. The number of halogens is 2. The van der Waals surface area contributed by atoms with Crippen molar-refractivity contribution in [3.05, 3.63) is 84.2 Å². The minimum atomic E-state index is -4.25. The maximum absolute atomic E-state index is 14.1. The predicted octanol–water partition coefficient (Wildman–Crippen LogP) is 3.21. The van der Waals surface area contributed by atoms with Gasteiger partial charge >= 0.3 is 0 Å². The lowest BCUT2D eigenvalue weighted by atomic mass is 10.1. The van der Waals surface area contributed by atoms with Gasteiger partial charge in [-0.1, -0.05) is 6.07 Å². The number of nitrogens with zero attached hydrogens (tertiary/aromatic N) is 3. The van der Waals surface area contributed by atoms with E-state index in [-0.39, 0.29) is 12.6 Å². The maximum Gasteiger partial charge on any atom is 0.243 e. The van der Waals surface area contributed by atoms with Gasteiger partial charge in [-0.15, -0.1) is 0 Å². The second kappa shape index (κ2) is 10.5. The van der Waals surface area contributed by atoms with E-state index < -0.39 is 26.6 Å². The number of anilines is 1. The van der Waals surface area contributed by atoms with Crippen molar-refractivity contribution < 1.29 is 21.9 Å². The van der Waals surface area contributed by atoms with E-state index >= 15 is 0 Å². The van der Waals surface area contributed by atoms with Crippen LogP contribution in [-0.2, 0) is 10.0 Å². The molecule has 0 saturated carbocycles. The van der Waals surface area contributed by atoms with Crippen LogP contribution in [0.15, 0.2) is 71.9 Å². The van der Waals surface area contributed by atoms with Gasteiger partial charge in [0, 0.05) is 50.8 Å². The molecular formula is C24H26F2N4O3S. The van der Waals surface area contributed by atoms with Gasteiger partial charge in [0.05, 0.1) is 13.2 Å². The molecule has 1 saturated heterocycles. The zero-order chi connectivity index (χ0) is 24.1. The lowest BCUT2D eigenvalue weighted by Gasteiger charge is -2.40. The first-order chi connectivity index (χ1) is 16.4. The van der Waals surface area contributed by atoms with Crippen LogP contribution in [0.25, 0.3) is 0 Å². The molecule has 2 heterocycles. The zero-order valence-electron chi connectivity index (χ0n) is 18.7. The number of pyridine rings is 1. The third kappa shape index (κ3) is 5.52. The Morgan fingerprint density at radius 3 is 2.44 bits per heavy atom. The Labute approximate surface area is 198 Å². The Morgan fingerprint density at radius 1 is 1.06 bits per heavy atom. The summed E-state index contributed by atoms with van der Waals surface area (Å²) in [5.74, 6) is -1.03. The van der Waals surface area contributed by atoms with Crippen LogP contribution in [0.3, 0.4) is 0 Å². The molecule has 3 aromatic rings. The van der Waals surface area contributed by atoms with Gasteiger partial charge in [0.2, 0.25) is 10.0 Å². The smallest absolute Gasteiger partial charge is 0.243 e. The summed E-state index contributed by atoms with van der Waals surface area (Å²) in [6.45, 7) is 2.85. The number of rotatable bonds is 8. The molecule has 0 unspecified atom stereocenters. The molecule has 0 spiro atoms. The molecule has 1 aliphatic rings. The van der Waals surface area contributed by atoms with Crippen molar-refractivity contribution in [1.29, 1.82) is 0 Å². The number of nitrogens with one attached hydrogen (secondary N) is 1. The van der Waals surface area contributed by atoms with E-state index in [4.69, 9.17) is 4.74 Å². The molecule has 34 heavy (non-hydrogen) atoms. The van der Waals surface area contributed by atoms with E-state index in [1.165, 1.54) is 0 Å². The molecule has 1 fully saturated rings. The lowest BCUT2D eigenvalue weighted by Crippen LogP contribution is -2.50. The van der Waals surface area contributed by atoms with Gasteiger partial charge < -0.3 is 9.64 Å². The molecule has 1 N–H and O–H groups in total. The van der Waals surface area contributed by atoms with Crippen molar-refractivity contribution in [3.8, 4) is 5.75 Å². The van der Waals surface area contributed by atoms with Gasteiger partial charge in [-0.2, -0.15) is 0 Å². The van der Waals surface area contributed by atoms with Crippen molar-refractivity contribution in [3.63, 3.8) is 0 Å². The average molecular weight is 489 g/mol. The maximum atomic E-state index is 14.1. The van der Waals surface area contributed by atoms with Crippen LogP contribution in [0, 0.1) is 11.6 Å². The van der Waals surface area contributed by atoms with Crippen molar-refractivity contribution in [2.24, 2.45) is 0 Å². The number of piperazine rings is 1. The SMILES string of the molecule is COc1ccc(N2CCN([C@@H](CNS(=O)(=O)c3cc(F)ccc3F)c3cccnc3)CC2)cc1. The quantitative estimate of drug-likeness (QED) is 0.525. The first kappa shape index (κ1) is 24.1. The molecule has 1 aliphatic heterocycles. The third-order valence-corrected chi connectivity index (χ3v) is 7.35. The van der Waals surface area contributed by atoms with Crippen LogP contribution < -0.4 is 14.4 Å². The zero-order valence-corrected chi connectivity index (χ0v) is 19.5. The minimum Gasteiger partial charge on any atom is -0.497 e. The van der Waals surface area contributed by atoms with Gasteiger partial charge in [0.25, 0.3) is 0 Å². The van der Waals surface area contributed by atoms with E-state index in [1.807, 2.05) is 30.3 Å². The van der Waals surface area contributed by atoms with Crippen LogP contribution in [0.5, 0.6) is 5.75 Å². The summed E-state index contributed by atoms with van der Waals surface area (Å²) in [4.78, 5) is 7.89. The van der Waals surface area contributed by atoms with Gasteiger partial charge in [-0.05, 0) is 54.1 Å². The van der Waals surface area contributed by atoms with Crippen molar-refractivity contribution >= 4 is 15.7 Å². The van der Waals surface area contributed by atoms with Crippen LogP contribution >= 0.6 is 0 Å². The highest BCUT2D eigenvalue weighted by molar-refractivity contribution is 7.89. The summed E-state index contributed by atoms with van der Waals surface area (Å²) >= 11 is 0. The normalized spacial score (nSPS) is 15.8. The third-order valence-electron chi connectivity index (χ3n) is 5.91. The summed E-state index contributed by atoms with van der Waals surface area (Å²) in [5, 5.41) is 0. The Kier molecular flexibility index (Phi) is 7.40. The van der Waals surface area contributed by atoms with Crippen LogP contribution in [-0.4, -0.2) is 58.1 Å². The lowest BCUT2D eigenvalue weighted by molar-refractivity contribution is 0.186. The molecule has 1 atom stereocenters. The van der Waals surface area contributed by atoms with Crippen molar-refractivity contribution in [1.82, 2.24) is 14.6 Å². The molecule has 1 aromatic heterocycles. The fourth-order valence-electron chi connectivity index (χ4n) is 4.07. The number of sulfonamides is 1. The Bertz CT molecular complexity index is 1200. The molecule has 2 aromatic carbocycles. The highest BCUT2D eigenvalue weighted by Crippen LogP contribution is 2.26. The van der Waals surface area contributed by atoms with Gasteiger partial charge in [-0.3, -0.25) is 9.88 Å². The number of methoxy groups -OCH3 is 1. The molecule has 0 amide bonds. The molecule has 180 valence electrons. The number of hydrogen-bond donors (Lipinski definition) is 1. The van der Waals surface area contributed by atoms with E-state index in [0.29, 0.717) is 19.2 Å². The first-order valence-electron chi connectivity index (χ1n) is 10.8. The molecular weight excluding hydrogens is 462 g/mol. The summed E-state index contributed by atoms with van der Waals surface area (Å²) in [6, 6.07) is 13.6. The monoisotopic (exact) mass is 488 g/mol. The number of benzene rings is 2. The average Bonchev–Trinajstić information content (AvgIpc) is 2.86. The van der Waals surface area contributed by atoms with E-state index in [1.54, 1.807) is 25.6 Å². The van der Waals surface area contributed by atoms with Crippen LogP contribution in [0.1, 0.15) is 11.6 Å². The van der Waals surface area contributed by atoms with Crippen molar-refractivity contribution in [2.45, 2.75) is 10.9 Å². The molecule has 4 rings (SSSR count). The first-order valence-corrected chi connectivity index (χ1v) is 12.3. The van der Waals surface area contributed by atoms with Crippen molar-refractivity contribution in [2.75, 3.05) is 44.7 Å².